The number of hydrogen-bond donors (Lipinski definition) is 1. The molecule has 0 bridgehead atoms. The van der Waals surface area contributed by atoms with Gasteiger partial charge in [-0.3, -0.25) is 9.36 Å². The number of methoxy groups -OCH3 is 1. The fourth-order valence-electron chi connectivity index (χ4n) is 4.43. The smallest absolute Gasteiger partial charge is 0.274 e. The third kappa shape index (κ3) is 5.46. The molecule has 0 atom stereocenters. The Hall–Kier alpha value is -2.37. The summed E-state index contributed by atoms with van der Waals surface area (Å²) in [6, 6.07) is 5.78. The van der Waals surface area contributed by atoms with Crippen LogP contribution in [0.1, 0.15) is 75.3 Å². The van der Waals surface area contributed by atoms with Crippen LogP contribution < -0.4 is 10.1 Å². The van der Waals surface area contributed by atoms with Crippen LogP contribution in [0.2, 0.25) is 0 Å². The molecule has 2 aromatic rings. The van der Waals surface area contributed by atoms with Gasteiger partial charge >= 0.3 is 0 Å². The number of imidazole rings is 1. The number of aromatic nitrogens is 2. The van der Waals surface area contributed by atoms with Crippen molar-refractivity contribution >= 4 is 5.91 Å². The normalized spacial score (nSPS) is 18.9. The zero-order chi connectivity index (χ0) is 22.5. The SMILES string of the molecule is CCc1nc(C(=O)NCC2CCC(C)CC2)c(F)n1-c1ccc(CC(C)C)cc1OC. The van der Waals surface area contributed by atoms with E-state index in [0.717, 1.165) is 30.7 Å². The molecule has 1 fully saturated rings. The first-order valence-electron chi connectivity index (χ1n) is 11.6. The lowest BCUT2D eigenvalue weighted by Gasteiger charge is -2.26. The van der Waals surface area contributed by atoms with E-state index in [2.05, 4.69) is 31.1 Å². The summed E-state index contributed by atoms with van der Waals surface area (Å²) in [6.45, 7) is 9.07. The second kappa shape index (κ2) is 10.3. The van der Waals surface area contributed by atoms with Gasteiger partial charge in [0.2, 0.25) is 5.95 Å². The molecule has 1 amide bonds. The molecule has 6 heteroatoms. The molecule has 1 aliphatic rings. The minimum absolute atomic E-state index is 0.144. The molecule has 1 aromatic heterocycles. The van der Waals surface area contributed by atoms with Crippen molar-refractivity contribution in [3.8, 4) is 11.4 Å². The molecule has 5 nitrogen and oxygen atoms in total. The molecule has 0 spiro atoms. The molecule has 3 rings (SSSR count). The fourth-order valence-corrected chi connectivity index (χ4v) is 4.43. The molecule has 0 aliphatic heterocycles. The highest BCUT2D eigenvalue weighted by atomic mass is 19.1. The van der Waals surface area contributed by atoms with E-state index in [1.54, 1.807) is 7.11 Å². The summed E-state index contributed by atoms with van der Waals surface area (Å²) in [5.41, 5.74) is 1.56. The third-order valence-electron chi connectivity index (χ3n) is 6.24. The van der Waals surface area contributed by atoms with Crippen LogP contribution >= 0.6 is 0 Å². The third-order valence-corrected chi connectivity index (χ3v) is 6.24. The number of rotatable bonds is 8. The quantitative estimate of drug-likeness (QED) is 0.616. The van der Waals surface area contributed by atoms with E-state index in [0.29, 0.717) is 42.1 Å². The van der Waals surface area contributed by atoms with E-state index in [1.807, 2.05) is 25.1 Å². The van der Waals surface area contributed by atoms with Gasteiger partial charge in [0.1, 0.15) is 11.6 Å². The van der Waals surface area contributed by atoms with Crippen molar-refractivity contribution in [2.45, 2.75) is 66.2 Å². The van der Waals surface area contributed by atoms with Crippen molar-refractivity contribution in [2.24, 2.45) is 17.8 Å². The van der Waals surface area contributed by atoms with Gasteiger partial charge in [0.15, 0.2) is 5.69 Å². The van der Waals surface area contributed by atoms with E-state index in [9.17, 15) is 4.79 Å². The average molecular weight is 430 g/mol. The first kappa shape index (κ1) is 23.3. The summed E-state index contributed by atoms with van der Waals surface area (Å²) >= 11 is 0. The Kier molecular flexibility index (Phi) is 7.74. The molecular formula is C25H36FN3O2. The number of benzene rings is 1. The van der Waals surface area contributed by atoms with Crippen LogP contribution in [0.3, 0.4) is 0 Å². The monoisotopic (exact) mass is 429 g/mol. The highest BCUT2D eigenvalue weighted by Crippen LogP contribution is 2.30. The predicted molar refractivity (Wildman–Crippen MR) is 121 cm³/mol. The Bertz CT molecular complexity index is 898. The summed E-state index contributed by atoms with van der Waals surface area (Å²) in [4.78, 5) is 17.1. The lowest BCUT2D eigenvalue weighted by Crippen LogP contribution is -2.31. The Morgan fingerprint density at radius 2 is 2.00 bits per heavy atom. The van der Waals surface area contributed by atoms with Crippen molar-refractivity contribution in [2.75, 3.05) is 13.7 Å². The maximum absolute atomic E-state index is 15.4. The number of amides is 1. The van der Waals surface area contributed by atoms with Crippen molar-refractivity contribution in [1.29, 1.82) is 0 Å². The number of carbonyl (C=O) groups excluding carboxylic acids is 1. The second-order valence-corrected chi connectivity index (χ2v) is 9.30. The number of nitrogens with one attached hydrogen (secondary N) is 1. The van der Waals surface area contributed by atoms with Crippen LogP contribution in [0.25, 0.3) is 5.69 Å². The topological polar surface area (TPSA) is 56.2 Å². The number of aryl methyl sites for hydroxylation is 1. The first-order valence-corrected chi connectivity index (χ1v) is 11.6. The largest absolute Gasteiger partial charge is 0.495 e. The minimum Gasteiger partial charge on any atom is -0.495 e. The summed E-state index contributed by atoms with van der Waals surface area (Å²) in [5, 5.41) is 2.91. The van der Waals surface area contributed by atoms with Gasteiger partial charge in [-0.2, -0.15) is 4.39 Å². The molecule has 0 radical (unpaired) electrons. The number of ether oxygens (including phenoxy) is 1. The van der Waals surface area contributed by atoms with E-state index in [1.165, 1.54) is 17.4 Å². The van der Waals surface area contributed by atoms with Crippen LogP contribution in [0.15, 0.2) is 18.2 Å². The Labute approximate surface area is 185 Å². The van der Waals surface area contributed by atoms with Crippen molar-refractivity contribution in [3.05, 3.63) is 41.2 Å². The van der Waals surface area contributed by atoms with Crippen molar-refractivity contribution < 1.29 is 13.9 Å². The lowest BCUT2D eigenvalue weighted by atomic mass is 9.83. The molecule has 1 aliphatic carbocycles. The van der Waals surface area contributed by atoms with Crippen molar-refractivity contribution in [1.82, 2.24) is 14.9 Å². The van der Waals surface area contributed by atoms with Gasteiger partial charge in [0.05, 0.1) is 12.8 Å². The van der Waals surface area contributed by atoms with Crippen LogP contribution in [-0.4, -0.2) is 29.1 Å². The first-order chi connectivity index (χ1) is 14.8. The van der Waals surface area contributed by atoms with Crippen LogP contribution in [0.5, 0.6) is 5.75 Å². The summed E-state index contributed by atoms with van der Waals surface area (Å²) in [7, 11) is 1.58. The van der Waals surface area contributed by atoms with Gasteiger partial charge in [-0.1, -0.05) is 46.6 Å². The molecule has 1 heterocycles. The van der Waals surface area contributed by atoms with Gasteiger partial charge in [-0.05, 0) is 54.7 Å². The minimum atomic E-state index is -0.637. The number of nitrogens with zero attached hydrogens (tertiary/aromatic N) is 2. The van der Waals surface area contributed by atoms with Crippen LogP contribution in [0, 0.1) is 23.7 Å². The molecule has 31 heavy (non-hydrogen) atoms. The fraction of sp³-hybridized carbons (Fsp3) is 0.600. The number of hydrogen-bond acceptors (Lipinski definition) is 3. The maximum atomic E-state index is 15.4. The van der Waals surface area contributed by atoms with Gasteiger partial charge in [-0.25, -0.2) is 4.98 Å². The van der Waals surface area contributed by atoms with E-state index in [-0.39, 0.29) is 5.69 Å². The maximum Gasteiger partial charge on any atom is 0.274 e. The van der Waals surface area contributed by atoms with Gasteiger partial charge in [0, 0.05) is 13.0 Å². The predicted octanol–water partition coefficient (Wildman–Crippen LogP) is 5.34. The summed E-state index contributed by atoms with van der Waals surface area (Å²) in [5.74, 6) is 1.73. The average Bonchev–Trinajstić information content (AvgIpc) is 3.08. The van der Waals surface area contributed by atoms with Crippen LogP contribution in [-0.2, 0) is 12.8 Å². The molecule has 0 unspecified atom stereocenters. The summed E-state index contributed by atoms with van der Waals surface area (Å²) < 4.78 is 22.4. The van der Waals surface area contributed by atoms with Gasteiger partial charge in [0.25, 0.3) is 5.91 Å². The van der Waals surface area contributed by atoms with Gasteiger partial charge < -0.3 is 10.1 Å². The van der Waals surface area contributed by atoms with Crippen LogP contribution in [0.4, 0.5) is 4.39 Å². The summed E-state index contributed by atoms with van der Waals surface area (Å²) in [6.07, 6.45) is 6.02. The van der Waals surface area contributed by atoms with E-state index in [4.69, 9.17) is 4.74 Å². The standard InChI is InChI=1S/C25H36FN3O2/c1-6-22-28-23(25(30)27-15-18-9-7-17(4)8-10-18)24(26)29(22)20-12-11-19(13-16(2)3)14-21(20)31-5/h11-12,14,16-18H,6-10,13,15H2,1-5H3,(H,27,30). The Morgan fingerprint density at radius 1 is 1.29 bits per heavy atom. The van der Waals surface area contributed by atoms with Gasteiger partial charge in [-0.15, -0.1) is 0 Å². The zero-order valence-electron chi connectivity index (χ0n) is 19.5. The molecule has 0 saturated heterocycles. The molecular weight excluding hydrogens is 393 g/mol. The second-order valence-electron chi connectivity index (χ2n) is 9.30. The highest BCUT2D eigenvalue weighted by Gasteiger charge is 2.26. The Morgan fingerprint density at radius 3 is 2.61 bits per heavy atom. The van der Waals surface area contributed by atoms with E-state index < -0.39 is 11.9 Å². The molecule has 170 valence electrons. The highest BCUT2D eigenvalue weighted by molar-refractivity contribution is 5.92. The number of carbonyl (C=O) groups is 1. The molecule has 1 saturated carbocycles. The molecule has 1 aromatic carbocycles. The molecule has 1 N–H and O–H groups in total. The lowest BCUT2D eigenvalue weighted by molar-refractivity contribution is 0.0932. The zero-order valence-corrected chi connectivity index (χ0v) is 19.5. The van der Waals surface area contributed by atoms with E-state index >= 15 is 4.39 Å². The Balaban J connectivity index is 1.83. The van der Waals surface area contributed by atoms with Crippen molar-refractivity contribution in [3.63, 3.8) is 0 Å². The number of halogens is 1.